The number of anilines is 1. The van der Waals surface area contributed by atoms with Crippen molar-refractivity contribution in [2.24, 2.45) is 0 Å². The van der Waals surface area contributed by atoms with Gasteiger partial charge < -0.3 is 5.73 Å². The van der Waals surface area contributed by atoms with Crippen LogP contribution in [-0.2, 0) is 6.54 Å². The van der Waals surface area contributed by atoms with Crippen LogP contribution in [-0.4, -0.2) is 20.2 Å². The standard InChI is InChI=1S/C14H12FN5/c15-12-5-1-10(2-6-12)9-20-14(17-18-19-20)11-3-7-13(16)8-4-11/h1-8H,9,16H2. The summed E-state index contributed by atoms with van der Waals surface area (Å²) in [5, 5.41) is 11.7. The molecule has 3 aromatic rings. The Balaban J connectivity index is 1.90. The smallest absolute Gasteiger partial charge is 0.182 e. The van der Waals surface area contributed by atoms with Gasteiger partial charge in [-0.3, -0.25) is 0 Å². The lowest BCUT2D eigenvalue weighted by Crippen LogP contribution is -2.04. The van der Waals surface area contributed by atoms with Gasteiger partial charge in [0.2, 0.25) is 0 Å². The topological polar surface area (TPSA) is 69.6 Å². The second-order valence-corrected chi connectivity index (χ2v) is 4.41. The molecule has 0 saturated heterocycles. The number of tetrazole rings is 1. The van der Waals surface area contributed by atoms with Crippen molar-refractivity contribution in [2.45, 2.75) is 6.54 Å². The van der Waals surface area contributed by atoms with Crippen LogP contribution in [0, 0.1) is 5.82 Å². The number of hydrogen-bond acceptors (Lipinski definition) is 4. The van der Waals surface area contributed by atoms with E-state index in [1.807, 2.05) is 12.1 Å². The van der Waals surface area contributed by atoms with Crippen molar-refractivity contribution in [3.05, 3.63) is 59.9 Å². The van der Waals surface area contributed by atoms with E-state index in [-0.39, 0.29) is 5.82 Å². The van der Waals surface area contributed by atoms with Crippen molar-refractivity contribution >= 4 is 5.69 Å². The molecule has 0 fully saturated rings. The summed E-state index contributed by atoms with van der Waals surface area (Å²) in [7, 11) is 0. The van der Waals surface area contributed by atoms with Gasteiger partial charge in [0.05, 0.1) is 6.54 Å². The van der Waals surface area contributed by atoms with Gasteiger partial charge in [-0.2, -0.15) is 0 Å². The second kappa shape index (κ2) is 5.08. The van der Waals surface area contributed by atoms with Crippen molar-refractivity contribution in [3.8, 4) is 11.4 Å². The highest BCUT2D eigenvalue weighted by molar-refractivity contribution is 5.58. The Labute approximate surface area is 114 Å². The monoisotopic (exact) mass is 269 g/mol. The molecule has 0 radical (unpaired) electrons. The maximum absolute atomic E-state index is 12.9. The lowest BCUT2D eigenvalue weighted by atomic mass is 10.2. The fraction of sp³-hybridized carbons (Fsp3) is 0.0714. The van der Waals surface area contributed by atoms with Gasteiger partial charge in [-0.1, -0.05) is 12.1 Å². The lowest BCUT2D eigenvalue weighted by molar-refractivity contribution is 0.622. The minimum atomic E-state index is -0.260. The van der Waals surface area contributed by atoms with Crippen LogP contribution in [0.2, 0.25) is 0 Å². The normalized spacial score (nSPS) is 10.7. The highest BCUT2D eigenvalue weighted by atomic mass is 19.1. The Morgan fingerprint density at radius 1 is 1.00 bits per heavy atom. The van der Waals surface area contributed by atoms with E-state index in [0.717, 1.165) is 11.1 Å². The summed E-state index contributed by atoms with van der Waals surface area (Å²) < 4.78 is 14.6. The summed E-state index contributed by atoms with van der Waals surface area (Å²) in [5.41, 5.74) is 8.16. The molecule has 2 N–H and O–H groups in total. The van der Waals surface area contributed by atoms with Crippen LogP contribution in [0.1, 0.15) is 5.56 Å². The molecule has 1 heterocycles. The molecule has 100 valence electrons. The maximum atomic E-state index is 12.9. The predicted octanol–water partition coefficient (Wildman–Crippen LogP) is 2.11. The molecule has 0 saturated carbocycles. The molecule has 0 atom stereocenters. The van der Waals surface area contributed by atoms with E-state index in [9.17, 15) is 4.39 Å². The van der Waals surface area contributed by atoms with E-state index < -0.39 is 0 Å². The van der Waals surface area contributed by atoms with Crippen molar-refractivity contribution in [3.63, 3.8) is 0 Å². The summed E-state index contributed by atoms with van der Waals surface area (Å²) in [4.78, 5) is 0. The number of benzene rings is 2. The molecule has 20 heavy (non-hydrogen) atoms. The van der Waals surface area contributed by atoms with Crippen LogP contribution in [0.4, 0.5) is 10.1 Å². The zero-order chi connectivity index (χ0) is 13.9. The maximum Gasteiger partial charge on any atom is 0.182 e. The van der Waals surface area contributed by atoms with Crippen molar-refractivity contribution < 1.29 is 4.39 Å². The average molecular weight is 269 g/mol. The molecule has 0 aliphatic heterocycles. The average Bonchev–Trinajstić information content (AvgIpc) is 2.90. The SMILES string of the molecule is Nc1ccc(-c2nnnn2Cc2ccc(F)cc2)cc1. The first-order valence-corrected chi connectivity index (χ1v) is 6.09. The molecule has 5 nitrogen and oxygen atoms in total. The molecule has 3 rings (SSSR count). The van der Waals surface area contributed by atoms with E-state index in [4.69, 9.17) is 5.73 Å². The quantitative estimate of drug-likeness (QED) is 0.739. The first kappa shape index (κ1) is 12.3. The van der Waals surface area contributed by atoms with E-state index in [1.165, 1.54) is 12.1 Å². The largest absolute Gasteiger partial charge is 0.399 e. The van der Waals surface area contributed by atoms with Gasteiger partial charge in [-0.15, -0.1) is 5.10 Å². The fourth-order valence-corrected chi connectivity index (χ4v) is 1.91. The Morgan fingerprint density at radius 2 is 1.70 bits per heavy atom. The van der Waals surface area contributed by atoms with E-state index in [1.54, 1.807) is 28.9 Å². The number of nitrogens with zero attached hydrogens (tertiary/aromatic N) is 4. The van der Waals surface area contributed by atoms with Gasteiger partial charge in [0.1, 0.15) is 5.82 Å². The zero-order valence-electron chi connectivity index (χ0n) is 10.6. The number of halogens is 1. The van der Waals surface area contributed by atoms with Gasteiger partial charge in [0.25, 0.3) is 0 Å². The van der Waals surface area contributed by atoms with Gasteiger partial charge in [-0.05, 0) is 52.4 Å². The number of hydrogen-bond donors (Lipinski definition) is 1. The van der Waals surface area contributed by atoms with Crippen LogP contribution >= 0.6 is 0 Å². The predicted molar refractivity (Wildman–Crippen MR) is 73.2 cm³/mol. The molecule has 0 aliphatic carbocycles. The Morgan fingerprint density at radius 3 is 2.40 bits per heavy atom. The summed E-state index contributed by atoms with van der Waals surface area (Å²) >= 11 is 0. The Hall–Kier alpha value is -2.76. The van der Waals surface area contributed by atoms with Gasteiger partial charge in [0, 0.05) is 11.3 Å². The number of nitrogen functional groups attached to an aromatic ring is 1. The van der Waals surface area contributed by atoms with E-state index in [0.29, 0.717) is 18.1 Å². The van der Waals surface area contributed by atoms with Crippen LogP contribution in [0.25, 0.3) is 11.4 Å². The minimum absolute atomic E-state index is 0.260. The van der Waals surface area contributed by atoms with Crippen molar-refractivity contribution in [2.75, 3.05) is 5.73 Å². The Kier molecular flexibility index (Phi) is 3.12. The van der Waals surface area contributed by atoms with E-state index >= 15 is 0 Å². The summed E-state index contributed by atoms with van der Waals surface area (Å²) in [6.07, 6.45) is 0. The number of rotatable bonds is 3. The molecule has 2 aromatic carbocycles. The van der Waals surface area contributed by atoms with Gasteiger partial charge in [0.15, 0.2) is 5.82 Å². The van der Waals surface area contributed by atoms with E-state index in [2.05, 4.69) is 15.5 Å². The molecule has 0 amide bonds. The summed E-state index contributed by atoms with van der Waals surface area (Å²) in [6, 6.07) is 13.6. The molecule has 0 unspecified atom stereocenters. The second-order valence-electron chi connectivity index (χ2n) is 4.41. The first-order chi connectivity index (χ1) is 9.72. The van der Waals surface area contributed by atoms with Crippen LogP contribution in [0.3, 0.4) is 0 Å². The van der Waals surface area contributed by atoms with Crippen LogP contribution < -0.4 is 5.73 Å². The highest BCUT2D eigenvalue weighted by Gasteiger charge is 2.09. The number of nitrogens with two attached hydrogens (primary N) is 1. The highest BCUT2D eigenvalue weighted by Crippen LogP contribution is 2.18. The summed E-state index contributed by atoms with van der Waals surface area (Å²) in [6.45, 7) is 0.479. The fourth-order valence-electron chi connectivity index (χ4n) is 1.91. The molecule has 0 spiro atoms. The minimum Gasteiger partial charge on any atom is -0.399 e. The van der Waals surface area contributed by atoms with Gasteiger partial charge >= 0.3 is 0 Å². The van der Waals surface area contributed by atoms with Crippen LogP contribution in [0.15, 0.2) is 48.5 Å². The Bertz CT molecular complexity index is 703. The molecule has 0 aliphatic rings. The zero-order valence-corrected chi connectivity index (χ0v) is 10.6. The summed E-state index contributed by atoms with van der Waals surface area (Å²) in [5.74, 6) is 0.388. The lowest BCUT2D eigenvalue weighted by Gasteiger charge is -2.05. The molecule has 1 aromatic heterocycles. The third-order valence-corrected chi connectivity index (χ3v) is 2.95. The number of aromatic nitrogens is 4. The van der Waals surface area contributed by atoms with Crippen LogP contribution in [0.5, 0.6) is 0 Å². The van der Waals surface area contributed by atoms with Crippen molar-refractivity contribution in [1.29, 1.82) is 0 Å². The molecule has 0 bridgehead atoms. The first-order valence-electron chi connectivity index (χ1n) is 6.09. The van der Waals surface area contributed by atoms with Gasteiger partial charge in [-0.25, -0.2) is 9.07 Å². The molecule has 6 heteroatoms. The molecular formula is C14H12FN5. The molecular weight excluding hydrogens is 257 g/mol. The third kappa shape index (κ3) is 2.49. The van der Waals surface area contributed by atoms with Crippen molar-refractivity contribution in [1.82, 2.24) is 20.2 Å². The third-order valence-electron chi connectivity index (χ3n) is 2.95.